The van der Waals surface area contributed by atoms with Crippen molar-refractivity contribution in [2.24, 2.45) is 0 Å². The van der Waals surface area contributed by atoms with Gasteiger partial charge in [0.15, 0.2) is 0 Å². The van der Waals surface area contributed by atoms with E-state index in [1.165, 1.54) is 40.8 Å². The van der Waals surface area contributed by atoms with Gasteiger partial charge in [-0.3, -0.25) is 0 Å². The molecule has 0 aliphatic carbocycles. The van der Waals surface area contributed by atoms with E-state index in [9.17, 15) is 10.1 Å². The first-order chi connectivity index (χ1) is 15.7. The van der Waals surface area contributed by atoms with E-state index in [4.69, 9.17) is 4.74 Å². The third-order valence-electron chi connectivity index (χ3n) is 7.30. The van der Waals surface area contributed by atoms with Crippen LogP contribution in [0.15, 0.2) is 30.3 Å². The fraction of sp³-hybridized carbons (Fsp3) is 0.500. The largest absolute Gasteiger partial charge is 0.444 e. The van der Waals surface area contributed by atoms with Gasteiger partial charge < -0.3 is 14.5 Å². The highest BCUT2D eigenvalue weighted by atomic mass is 16.6. The highest BCUT2D eigenvalue weighted by Crippen LogP contribution is 2.49. The first kappa shape index (κ1) is 21.8. The minimum atomic E-state index is -0.484. The highest BCUT2D eigenvalue weighted by molar-refractivity contribution is 5.78. The highest BCUT2D eigenvalue weighted by Gasteiger charge is 2.45. The number of likely N-dealkylation sites (tertiary alicyclic amines) is 1. The predicted molar refractivity (Wildman–Crippen MR) is 131 cm³/mol. The summed E-state index contributed by atoms with van der Waals surface area (Å²) in [5, 5.41) is 9.27. The number of carbonyl (C=O) groups excluding carboxylic acids is 1. The van der Waals surface area contributed by atoms with Crippen molar-refractivity contribution < 1.29 is 9.53 Å². The molecule has 0 spiro atoms. The van der Waals surface area contributed by atoms with Crippen LogP contribution in [0.1, 0.15) is 68.2 Å². The van der Waals surface area contributed by atoms with Crippen molar-refractivity contribution in [3.05, 3.63) is 52.6 Å². The Hall–Kier alpha value is -3.00. The van der Waals surface area contributed by atoms with Gasteiger partial charge in [-0.15, -0.1) is 0 Å². The molecule has 5 rings (SSSR count). The normalized spacial score (nSPS) is 21.7. The smallest absolute Gasteiger partial charge is 0.410 e. The summed E-state index contributed by atoms with van der Waals surface area (Å²) >= 11 is 0. The molecule has 1 amide bonds. The fourth-order valence-electron chi connectivity index (χ4n) is 5.91. The summed E-state index contributed by atoms with van der Waals surface area (Å²) in [5.41, 5.74) is 7.98. The summed E-state index contributed by atoms with van der Waals surface area (Å²) in [6.07, 6.45) is 4.28. The van der Waals surface area contributed by atoms with Gasteiger partial charge >= 0.3 is 6.09 Å². The number of anilines is 1. The molecule has 33 heavy (non-hydrogen) atoms. The van der Waals surface area contributed by atoms with Crippen molar-refractivity contribution in [3.8, 4) is 17.2 Å². The standard InChI is InChI=1S/C28H33N3O2/c1-18-13-19(16-29)8-9-22(18)21-14-20-7-5-6-11-31-25-10-12-30(27(32)33-28(2,3)4)17-24(25)23(15-21)26(20)31/h8-9,13-15,24-25H,5-7,10-12,17H2,1-4H3/t24-,25-/m0/s1. The van der Waals surface area contributed by atoms with Crippen LogP contribution in [0.25, 0.3) is 11.1 Å². The molecular formula is C28H33N3O2. The van der Waals surface area contributed by atoms with Crippen molar-refractivity contribution in [1.82, 2.24) is 4.90 Å². The maximum absolute atomic E-state index is 12.9. The molecule has 0 radical (unpaired) electrons. The van der Waals surface area contributed by atoms with Crippen LogP contribution >= 0.6 is 0 Å². The molecule has 1 fully saturated rings. The number of aryl methyl sites for hydroxylation is 2. The topological polar surface area (TPSA) is 56.6 Å². The molecular weight excluding hydrogens is 410 g/mol. The molecule has 3 heterocycles. The molecule has 2 aromatic carbocycles. The monoisotopic (exact) mass is 443 g/mol. The van der Waals surface area contributed by atoms with E-state index in [1.807, 2.05) is 37.8 Å². The second-order valence-corrected chi connectivity index (χ2v) is 10.8. The quantitative estimate of drug-likeness (QED) is 0.560. The third-order valence-corrected chi connectivity index (χ3v) is 7.30. The number of nitriles is 1. The first-order valence-corrected chi connectivity index (χ1v) is 12.2. The van der Waals surface area contributed by atoms with Gasteiger partial charge in [0.25, 0.3) is 0 Å². The van der Waals surface area contributed by atoms with Crippen molar-refractivity contribution in [3.63, 3.8) is 0 Å². The summed E-state index contributed by atoms with van der Waals surface area (Å²) in [7, 11) is 0. The van der Waals surface area contributed by atoms with Crippen LogP contribution in [0.4, 0.5) is 10.5 Å². The zero-order valence-electron chi connectivity index (χ0n) is 20.1. The molecule has 0 unspecified atom stereocenters. The van der Waals surface area contributed by atoms with Gasteiger partial charge in [-0.05, 0) is 105 Å². The zero-order valence-corrected chi connectivity index (χ0v) is 20.1. The lowest BCUT2D eigenvalue weighted by Gasteiger charge is -2.39. The second-order valence-electron chi connectivity index (χ2n) is 10.8. The van der Waals surface area contributed by atoms with E-state index in [1.54, 1.807) is 0 Å². The molecule has 5 heteroatoms. The molecule has 0 N–H and O–H groups in total. The summed E-state index contributed by atoms with van der Waals surface area (Å²) in [6.45, 7) is 10.4. The molecule has 5 nitrogen and oxygen atoms in total. The molecule has 0 aromatic heterocycles. The van der Waals surface area contributed by atoms with Crippen LogP contribution in [-0.4, -0.2) is 42.3 Å². The van der Waals surface area contributed by atoms with Gasteiger partial charge in [-0.2, -0.15) is 5.26 Å². The van der Waals surface area contributed by atoms with Crippen molar-refractivity contribution in [2.45, 2.75) is 70.9 Å². The Labute approximate surface area is 196 Å². The van der Waals surface area contributed by atoms with Crippen molar-refractivity contribution >= 4 is 11.8 Å². The summed E-state index contributed by atoms with van der Waals surface area (Å²) in [5.74, 6) is 0.303. The van der Waals surface area contributed by atoms with Gasteiger partial charge in [0.1, 0.15) is 5.60 Å². The fourth-order valence-corrected chi connectivity index (χ4v) is 5.91. The van der Waals surface area contributed by atoms with Crippen LogP contribution in [0.2, 0.25) is 0 Å². The molecule has 2 aromatic rings. The van der Waals surface area contributed by atoms with Crippen LogP contribution in [-0.2, 0) is 11.2 Å². The lowest BCUT2D eigenvalue weighted by Crippen LogP contribution is -2.49. The maximum atomic E-state index is 12.9. The number of ether oxygens (including phenoxy) is 1. The third kappa shape index (κ3) is 3.97. The number of rotatable bonds is 1. The molecule has 0 saturated carbocycles. The Bertz CT molecular complexity index is 1140. The van der Waals surface area contributed by atoms with Crippen LogP contribution in [0, 0.1) is 18.3 Å². The minimum Gasteiger partial charge on any atom is -0.444 e. The van der Waals surface area contributed by atoms with E-state index in [2.05, 4.69) is 36.1 Å². The van der Waals surface area contributed by atoms with Crippen molar-refractivity contribution in [2.75, 3.05) is 24.5 Å². The summed E-state index contributed by atoms with van der Waals surface area (Å²) in [6, 6.07) is 13.4. The number of fused-ring (bicyclic) bond motifs is 3. The first-order valence-electron chi connectivity index (χ1n) is 12.2. The van der Waals surface area contributed by atoms with Crippen LogP contribution in [0.5, 0.6) is 0 Å². The molecule has 0 bridgehead atoms. The predicted octanol–water partition coefficient (Wildman–Crippen LogP) is 5.78. The number of hydrogen-bond acceptors (Lipinski definition) is 4. The Morgan fingerprint density at radius 2 is 1.97 bits per heavy atom. The van der Waals surface area contributed by atoms with Gasteiger partial charge in [-0.25, -0.2) is 4.79 Å². The molecule has 172 valence electrons. The molecule has 1 saturated heterocycles. The maximum Gasteiger partial charge on any atom is 0.410 e. The number of amides is 1. The summed E-state index contributed by atoms with van der Waals surface area (Å²) < 4.78 is 5.70. The number of nitrogens with zero attached hydrogens (tertiary/aromatic N) is 3. The van der Waals surface area contributed by atoms with Crippen molar-refractivity contribution in [1.29, 1.82) is 5.26 Å². The van der Waals surface area contributed by atoms with E-state index in [0.717, 1.165) is 31.5 Å². The number of piperidine rings is 1. The number of benzene rings is 2. The Morgan fingerprint density at radius 1 is 1.15 bits per heavy atom. The van der Waals surface area contributed by atoms with Gasteiger partial charge in [0, 0.05) is 37.3 Å². The second kappa shape index (κ2) is 8.09. The number of carbonyl (C=O) groups is 1. The minimum absolute atomic E-state index is 0.202. The average molecular weight is 444 g/mol. The molecule has 2 atom stereocenters. The average Bonchev–Trinajstić information content (AvgIpc) is 2.92. The van der Waals surface area contributed by atoms with Crippen LogP contribution < -0.4 is 4.90 Å². The Morgan fingerprint density at radius 3 is 2.70 bits per heavy atom. The lowest BCUT2D eigenvalue weighted by molar-refractivity contribution is 0.0189. The van der Waals surface area contributed by atoms with Gasteiger partial charge in [0.2, 0.25) is 0 Å². The van der Waals surface area contributed by atoms with Gasteiger partial charge in [-0.1, -0.05) is 6.07 Å². The summed E-state index contributed by atoms with van der Waals surface area (Å²) in [4.78, 5) is 17.4. The van der Waals surface area contributed by atoms with Gasteiger partial charge in [0.05, 0.1) is 11.6 Å². The Kier molecular flexibility index (Phi) is 5.35. The Balaban J connectivity index is 1.55. The van der Waals surface area contributed by atoms with E-state index < -0.39 is 5.60 Å². The number of hydrogen-bond donors (Lipinski definition) is 0. The SMILES string of the molecule is Cc1cc(C#N)ccc1-c1cc2c3c(c1)[C@@H]1CN(C(=O)OC(C)(C)C)CC[C@@H]1N3CCCC2. The van der Waals surface area contributed by atoms with E-state index in [-0.39, 0.29) is 6.09 Å². The van der Waals surface area contributed by atoms with E-state index in [0.29, 0.717) is 24.1 Å². The lowest BCUT2D eigenvalue weighted by atomic mass is 9.85. The van der Waals surface area contributed by atoms with Crippen LogP contribution in [0.3, 0.4) is 0 Å². The molecule has 3 aliphatic rings. The van der Waals surface area contributed by atoms with E-state index >= 15 is 0 Å². The zero-order chi connectivity index (χ0) is 23.3. The molecule has 3 aliphatic heterocycles.